The Morgan fingerprint density at radius 1 is 1.24 bits per heavy atom. The largest absolute Gasteiger partial charge is 0.458 e. The van der Waals surface area contributed by atoms with Crippen LogP contribution in [0.3, 0.4) is 0 Å². The smallest absolute Gasteiger partial charge is 0.410 e. The van der Waals surface area contributed by atoms with E-state index >= 15 is 0 Å². The van der Waals surface area contributed by atoms with Gasteiger partial charge >= 0.3 is 12.1 Å². The van der Waals surface area contributed by atoms with Crippen LogP contribution < -0.4 is 0 Å². The summed E-state index contributed by atoms with van der Waals surface area (Å²) in [4.78, 5) is 31.0. The van der Waals surface area contributed by atoms with Gasteiger partial charge < -0.3 is 19.3 Å². The number of amides is 1. The quantitative estimate of drug-likeness (QED) is 0.535. The Hall–Kier alpha value is -2.26. The zero-order valence-corrected chi connectivity index (χ0v) is 21.2. The Bertz CT molecular complexity index is 797. The second kappa shape index (κ2) is 11.9. The van der Waals surface area contributed by atoms with E-state index in [0.29, 0.717) is 11.6 Å². The number of hydrogen-bond acceptors (Lipinski definition) is 7. The Labute approximate surface area is 201 Å². The number of aliphatic hydroxyl groups is 1. The zero-order chi connectivity index (χ0) is 25.5. The molecule has 1 N–H and O–H groups in total. The molecule has 1 fully saturated rings. The highest BCUT2D eigenvalue weighted by atomic mass is 19.1. The summed E-state index contributed by atoms with van der Waals surface area (Å²) in [5.41, 5.74) is -0.725. The van der Waals surface area contributed by atoms with Crippen LogP contribution in [-0.4, -0.2) is 77.3 Å². The lowest BCUT2D eigenvalue weighted by molar-refractivity contribution is -0.158. The predicted octanol–water partition coefficient (Wildman–Crippen LogP) is 3.80. The van der Waals surface area contributed by atoms with Crippen molar-refractivity contribution in [2.75, 3.05) is 26.9 Å². The fourth-order valence-electron chi connectivity index (χ4n) is 3.75. The number of carbonyl (C=O) groups excluding carboxylic acids is 2. The highest BCUT2D eigenvalue weighted by molar-refractivity contribution is 5.81. The molecule has 1 aromatic rings. The normalized spacial score (nSPS) is 17.1. The SMILES string of the molecule is CN(C(=O)OC(C)(C)C)[C@@H](CC(C)(C)F)C(=O)O[C@@H](CO)Cc1ccc(C2CCOCC2)cn1. The maximum Gasteiger partial charge on any atom is 0.410 e. The Balaban J connectivity index is 2.06. The molecule has 0 spiro atoms. The molecule has 2 rings (SSSR count). The predicted molar refractivity (Wildman–Crippen MR) is 125 cm³/mol. The Morgan fingerprint density at radius 3 is 2.38 bits per heavy atom. The molecule has 1 saturated heterocycles. The van der Waals surface area contributed by atoms with E-state index in [1.807, 2.05) is 18.3 Å². The van der Waals surface area contributed by atoms with E-state index in [9.17, 15) is 19.1 Å². The third kappa shape index (κ3) is 9.18. The van der Waals surface area contributed by atoms with Crippen molar-refractivity contribution in [1.82, 2.24) is 9.88 Å². The summed E-state index contributed by atoms with van der Waals surface area (Å²) in [5, 5.41) is 9.81. The maximum atomic E-state index is 14.5. The number of aliphatic hydroxyl groups excluding tert-OH is 1. The van der Waals surface area contributed by atoms with Crippen LogP contribution in [0.5, 0.6) is 0 Å². The van der Waals surface area contributed by atoms with Gasteiger partial charge in [0.15, 0.2) is 0 Å². The first-order valence-electron chi connectivity index (χ1n) is 11.8. The highest BCUT2D eigenvalue weighted by Gasteiger charge is 2.37. The van der Waals surface area contributed by atoms with E-state index < -0.39 is 42.1 Å². The number of hydrogen-bond donors (Lipinski definition) is 1. The van der Waals surface area contributed by atoms with Gasteiger partial charge in [-0.1, -0.05) is 6.07 Å². The first-order chi connectivity index (χ1) is 15.8. The van der Waals surface area contributed by atoms with E-state index in [0.717, 1.165) is 36.5 Å². The molecule has 2 atom stereocenters. The van der Waals surface area contributed by atoms with E-state index in [-0.39, 0.29) is 12.8 Å². The number of alkyl halides is 1. The molecule has 0 aliphatic carbocycles. The summed E-state index contributed by atoms with van der Waals surface area (Å²) >= 11 is 0. The summed E-state index contributed by atoms with van der Waals surface area (Å²) in [6.45, 7) is 8.80. The number of aromatic nitrogens is 1. The van der Waals surface area contributed by atoms with Crippen LogP contribution in [-0.2, 0) is 25.4 Å². The fourth-order valence-corrected chi connectivity index (χ4v) is 3.75. The average molecular weight is 483 g/mol. The molecular formula is C25H39FN2O6. The minimum absolute atomic E-state index is 0.193. The van der Waals surface area contributed by atoms with Crippen LogP contribution in [0.25, 0.3) is 0 Å². The minimum Gasteiger partial charge on any atom is -0.458 e. The summed E-state index contributed by atoms with van der Waals surface area (Å²) in [5.74, 6) is -0.396. The van der Waals surface area contributed by atoms with Crippen LogP contribution in [0.1, 0.15) is 71.1 Å². The number of carbonyl (C=O) groups is 2. The third-order valence-corrected chi connectivity index (χ3v) is 5.56. The van der Waals surface area contributed by atoms with Crippen molar-refractivity contribution >= 4 is 12.1 Å². The second-order valence-corrected chi connectivity index (χ2v) is 10.4. The number of rotatable bonds is 9. The molecule has 0 bridgehead atoms. The monoisotopic (exact) mass is 482 g/mol. The lowest BCUT2D eigenvalue weighted by atomic mass is 9.93. The van der Waals surface area contributed by atoms with Crippen molar-refractivity contribution in [2.45, 2.75) is 89.6 Å². The number of pyridine rings is 1. The Morgan fingerprint density at radius 2 is 1.88 bits per heavy atom. The molecule has 1 aliphatic heterocycles. The molecule has 1 aromatic heterocycles. The van der Waals surface area contributed by atoms with Gasteiger partial charge in [0.1, 0.15) is 23.4 Å². The van der Waals surface area contributed by atoms with E-state index in [1.165, 1.54) is 20.9 Å². The van der Waals surface area contributed by atoms with Crippen molar-refractivity contribution in [1.29, 1.82) is 0 Å². The average Bonchev–Trinajstić information content (AvgIpc) is 2.75. The van der Waals surface area contributed by atoms with Gasteiger partial charge in [0.2, 0.25) is 0 Å². The van der Waals surface area contributed by atoms with Crippen LogP contribution in [0, 0.1) is 0 Å². The van der Waals surface area contributed by atoms with Crippen molar-refractivity contribution in [2.24, 2.45) is 0 Å². The summed E-state index contributed by atoms with van der Waals surface area (Å²) in [6, 6.07) is 2.64. The van der Waals surface area contributed by atoms with E-state index in [2.05, 4.69) is 4.98 Å². The standard InChI is InChI=1S/C25H39FN2O6/c1-24(2,3)34-23(31)28(6)21(14-25(4,5)26)22(30)33-20(16-29)13-19-8-7-18(15-27-19)17-9-11-32-12-10-17/h7-8,15,17,20-21,29H,9-14,16H2,1-6H3/t20-,21+/m1/s1. The topological polar surface area (TPSA) is 98.2 Å². The fraction of sp³-hybridized carbons (Fsp3) is 0.720. The number of likely N-dealkylation sites (N-methyl/N-ethyl adjacent to an activating group) is 1. The van der Waals surface area contributed by atoms with Crippen LogP contribution in [0.15, 0.2) is 18.3 Å². The maximum absolute atomic E-state index is 14.5. The van der Waals surface area contributed by atoms with Crippen molar-refractivity contribution in [3.8, 4) is 0 Å². The van der Waals surface area contributed by atoms with Gasteiger partial charge in [0, 0.05) is 45.0 Å². The van der Waals surface area contributed by atoms with Crippen molar-refractivity contribution < 1.29 is 33.3 Å². The lowest BCUT2D eigenvalue weighted by Gasteiger charge is -2.32. The molecule has 2 heterocycles. The molecule has 1 amide bonds. The van der Waals surface area contributed by atoms with Gasteiger partial charge in [-0.05, 0) is 65.0 Å². The molecule has 1 aliphatic rings. The van der Waals surface area contributed by atoms with Gasteiger partial charge in [-0.15, -0.1) is 0 Å². The Kier molecular flexibility index (Phi) is 9.82. The highest BCUT2D eigenvalue weighted by Crippen LogP contribution is 2.26. The van der Waals surface area contributed by atoms with Crippen molar-refractivity contribution in [3.05, 3.63) is 29.6 Å². The van der Waals surface area contributed by atoms with Crippen LogP contribution in [0.2, 0.25) is 0 Å². The first-order valence-corrected chi connectivity index (χ1v) is 11.8. The molecule has 0 aromatic carbocycles. The van der Waals surface area contributed by atoms with Gasteiger partial charge in [-0.3, -0.25) is 9.88 Å². The third-order valence-electron chi connectivity index (χ3n) is 5.56. The van der Waals surface area contributed by atoms with Crippen LogP contribution in [0.4, 0.5) is 9.18 Å². The first kappa shape index (κ1) is 28.0. The molecule has 192 valence electrons. The molecular weight excluding hydrogens is 443 g/mol. The summed E-state index contributed by atoms with van der Waals surface area (Å²) < 4.78 is 30.7. The van der Waals surface area contributed by atoms with Gasteiger partial charge in [-0.25, -0.2) is 14.0 Å². The van der Waals surface area contributed by atoms with E-state index in [4.69, 9.17) is 14.2 Å². The van der Waals surface area contributed by atoms with Crippen LogP contribution >= 0.6 is 0 Å². The molecule has 8 nitrogen and oxygen atoms in total. The molecule has 9 heteroatoms. The number of ether oxygens (including phenoxy) is 3. The summed E-state index contributed by atoms with van der Waals surface area (Å²) in [7, 11) is 1.37. The number of halogens is 1. The second-order valence-electron chi connectivity index (χ2n) is 10.4. The van der Waals surface area contributed by atoms with Crippen molar-refractivity contribution in [3.63, 3.8) is 0 Å². The molecule has 0 unspecified atom stereocenters. The lowest BCUT2D eigenvalue weighted by Crippen LogP contribution is -2.49. The molecule has 34 heavy (non-hydrogen) atoms. The molecule has 0 saturated carbocycles. The zero-order valence-electron chi connectivity index (χ0n) is 21.2. The van der Waals surface area contributed by atoms with Gasteiger partial charge in [0.25, 0.3) is 0 Å². The number of esters is 1. The number of nitrogens with zero attached hydrogens (tertiary/aromatic N) is 2. The van der Waals surface area contributed by atoms with Gasteiger partial charge in [-0.2, -0.15) is 0 Å². The minimum atomic E-state index is -1.74. The molecule has 0 radical (unpaired) electrons. The van der Waals surface area contributed by atoms with Gasteiger partial charge in [0.05, 0.1) is 6.61 Å². The summed E-state index contributed by atoms with van der Waals surface area (Å²) in [6.07, 6.45) is 1.99. The van der Waals surface area contributed by atoms with E-state index in [1.54, 1.807) is 20.8 Å².